The smallest absolute Gasteiger partial charge is 0.290 e. The van der Waals surface area contributed by atoms with Crippen LogP contribution in [0.3, 0.4) is 0 Å². The summed E-state index contributed by atoms with van der Waals surface area (Å²) in [6.45, 7) is 5.21. The summed E-state index contributed by atoms with van der Waals surface area (Å²) in [6.07, 6.45) is 3.59. The van der Waals surface area contributed by atoms with Gasteiger partial charge < -0.3 is 14.7 Å². The normalized spacial score (nSPS) is 16.1. The molecule has 1 aliphatic heterocycles. The number of unbranched alkanes of at least 4 members (excludes halogenated alkanes) is 1. The summed E-state index contributed by atoms with van der Waals surface area (Å²) in [5.74, 6) is -0.326. The summed E-state index contributed by atoms with van der Waals surface area (Å²) in [4.78, 5) is 27.5. The van der Waals surface area contributed by atoms with Crippen molar-refractivity contribution in [3.8, 4) is 5.75 Å². The van der Waals surface area contributed by atoms with Crippen LogP contribution in [0.4, 0.5) is 0 Å². The lowest BCUT2D eigenvalue weighted by Crippen LogP contribution is -2.31. The summed E-state index contributed by atoms with van der Waals surface area (Å²) in [7, 11) is 0. The molecule has 1 N–H and O–H groups in total. The van der Waals surface area contributed by atoms with E-state index in [9.17, 15) is 14.7 Å². The van der Waals surface area contributed by atoms with Crippen LogP contribution in [-0.2, 0) is 16.0 Å². The number of aliphatic hydroxyl groups is 1. The molecule has 1 aliphatic rings. The summed E-state index contributed by atoms with van der Waals surface area (Å²) in [6, 6.07) is 16.7. The molecule has 0 spiro atoms. The van der Waals surface area contributed by atoms with Crippen LogP contribution in [0.1, 0.15) is 56.7 Å². The predicted octanol–water partition coefficient (Wildman–Crippen LogP) is 5.17. The van der Waals surface area contributed by atoms with Crippen molar-refractivity contribution in [2.45, 2.75) is 52.0 Å². The van der Waals surface area contributed by atoms with E-state index in [0.29, 0.717) is 19.6 Å². The molecule has 1 heterocycles. The van der Waals surface area contributed by atoms with Gasteiger partial charge >= 0.3 is 0 Å². The third kappa shape index (κ3) is 5.35. The fraction of sp³-hybridized carbons (Fsp3) is 0.385. The molecule has 31 heavy (non-hydrogen) atoms. The number of aryl methyl sites for hydroxylation is 1. The second-order valence-electron chi connectivity index (χ2n) is 7.84. The number of carbonyl (C=O) groups excluding carboxylic acids is 2. The van der Waals surface area contributed by atoms with Crippen molar-refractivity contribution >= 4 is 11.7 Å². The highest BCUT2D eigenvalue weighted by Gasteiger charge is 2.42. The average molecular weight is 422 g/mol. The summed E-state index contributed by atoms with van der Waals surface area (Å²) >= 11 is 0. The first kappa shape index (κ1) is 22.6. The third-order valence-electron chi connectivity index (χ3n) is 5.51. The second-order valence-corrected chi connectivity index (χ2v) is 7.84. The number of benzene rings is 2. The molecule has 0 fully saturated rings. The Hall–Kier alpha value is -3.08. The monoisotopic (exact) mass is 421 g/mol. The maximum atomic E-state index is 13.1. The molecular formula is C26H31NO4. The molecule has 1 unspecified atom stereocenters. The Morgan fingerprint density at radius 2 is 1.74 bits per heavy atom. The standard InChI is InChI=1S/C26H31NO4/c1-3-5-18-31-21-14-12-20(13-15-21)24-23(25(29)26(30)27(24)17-4-2)22(28)16-11-19-9-7-6-8-10-19/h6-10,12-15,24,29H,3-5,11,16-18H2,1-2H3. The first-order chi connectivity index (χ1) is 15.1. The molecular weight excluding hydrogens is 390 g/mol. The SMILES string of the molecule is CCCCOc1ccc(C2C(C(=O)CCc3ccccc3)=C(O)C(=O)N2CCC)cc1. The predicted molar refractivity (Wildman–Crippen MR) is 121 cm³/mol. The van der Waals surface area contributed by atoms with E-state index in [4.69, 9.17) is 4.74 Å². The van der Waals surface area contributed by atoms with Crippen LogP contribution in [0.15, 0.2) is 65.9 Å². The van der Waals surface area contributed by atoms with Crippen molar-refractivity contribution in [3.05, 3.63) is 77.1 Å². The van der Waals surface area contributed by atoms with E-state index in [1.54, 1.807) is 4.90 Å². The first-order valence-corrected chi connectivity index (χ1v) is 11.1. The third-order valence-corrected chi connectivity index (χ3v) is 5.51. The Morgan fingerprint density at radius 3 is 2.39 bits per heavy atom. The van der Waals surface area contributed by atoms with E-state index in [0.717, 1.165) is 36.1 Å². The molecule has 0 saturated carbocycles. The van der Waals surface area contributed by atoms with Crippen LogP contribution in [0, 0.1) is 0 Å². The van der Waals surface area contributed by atoms with Gasteiger partial charge in [-0.25, -0.2) is 0 Å². The van der Waals surface area contributed by atoms with Gasteiger partial charge in [-0.05, 0) is 42.5 Å². The zero-order chi connectivity index (χ0) is 22.2. The van der Waals surface area contributed by atoms with E-state index < -0.39 is 17.7 Å². The molecule has 0 radical (unpaired) electrons. The maximum absolute atomic E-state index is 13.1. The van der Waals surface area contributed by atoms with Crippen LogP contribution >= 0.6 is 0 Å². The van der Waals surface area contributed by atoms with E-state index >= 15 is 0 Å². The molecule has 2 aromatic carbocycles. The van der Waals surface area contributed by atoms with Crippen molar-refractivity contribution in [1.29, 1.82) is 0 Å². The fourth-order valence-electron chi connectivity index (χ4n) is 3.87. The minimum absolute atomic E-state index is 0.193. The molecule has 0 bridgehead atoms. The Balaban J connectivity index is 1.83. The number of ketones is 1. The fourth-order valence-corrected chi connectivity index (χ4v) is 3.87. The van der Waals surface area contributed by atoms with E-state index in [2.05, 4.69) is 6.92 Å². The number of carbonyl (C=O) groups is 2. The number of hydrogen-bond acceptors (Lipinski definition) is 4. The number of aliphatic hydroxyl groups excluding tert-OH is 1. The van der Waals surface area contributed by atoms with Crippen molar-refractivity contribution in [1.82, 2.24) is 4.90 Å². The van der Waals surface area contributed by atoms with Crippen molar-refractivity contribution in [2.24, 2.45) is 0 Å². The molecule has 2 aromatic rings. The highest BCUT2D eigenvalue weighted by Crippen LogP contribution is 2.39. The zero-order valence-electron chi connectivity index (χ0n) is 18.3. The number of hydrogen-bond donors (Lipinski definition) is 1. The number of amides is 1. The van der Waals surface area contributed by atoms with Crippen LogP contribution in [0.25, 0.3) is 0 Å². The van der Waals surface area contributed by atoms with Gasteiger partial charge in [0.1, 0.15) is 5.75 Å². The first-order valence-electron chi connectivity index (χ1n) is 11.1. The molecule has 0 aliphatic carbocycles. The van der Waals surface area contributed by atoms with E-state index in [1.165, 1.54) is 0 Å². The number of rotatable bonds is 11. The quantitative estimate of drug-likeness (QED) is 0.508. The lowest BCUT2D eigenvalue weighted by atomic mass is 9.93. The highest BCUT2D eigenvalue weighted by atomic mass is 16.5. The Labute approximate surface area is 184 Å². The summed E-state index contributed by atoms with van der Waals surface area (Å²) in [5.41, 5.74) is 2.06. The minimum Gasteiger partial charge on any atom is -0.503 e. The van der Waals surface area contributed by atoms with Crippen LogP contribution in [0.2, 0.25) is 0 Å². The van der Waals surface area contributed by atoms with Crippen molar-refractivity contribution < 1.29 is 19.4 Å². The zero-order valence-corrected chi connectivity index (χ0v) is 18.3. The van der Waals surface area contributed by atoms with Gasteiger partial charge in [-0.3, -0.25) is 9.59 Å². The van der Waals surface area contributed by atoms with Gasteiger partial charge in [0.15, 0.2) is 11.5 Å². The maximum Gasteiger partial charge on any atom is 0.290 e. The van der Waals surface area contributed by atoms with Gasteiger partial charge in [0, 0.05) is 13.0 Å². The van der Waals surface area contributed by atoms with Crippen LogP contribution < -0.4 is 4.74 Å². The van der Waals surface area contributed by atoms with Gasteiger partial charge in [-0.15, -0.1) is 0 Å². The van der Waals surface area contributed by atoms with Gasteiger partial charge in [-0.1, -0.05) is 62.7 Å². The second kappa shape index (κ2) is 10.8. The van der Waals surface area contributed by atoms with E-state index in [1.807, 2.05) is 61.5 Å². The number of ether oxygens (including phenoxy) is 1. The van der Waals surface area contributed by atoms with Crippen LogP contribution in [0.5, 0.6) is 5.75 Å². The molecule has 3 rings (SSSR count). The minimum atomic E-state index is -0.569. The Bertz CT molecular complexity index is 918. The number of Topliss-reactive ketones (excluding diaryl/α,β-unsaturated/α-hetero) is 1. The Kier molecular flexibility index (Phi) is 7.88. The van der Waals surface area contributed by atoms with Gasteiger partial charge in [0.25, 0.3) is 5.91 Å². The summed E-state index contributed by atoms with van der Waals surface area (Å²) < 4.78 is 5.73. The molecule has 0 saturated heterocycles. The van der Waals surface area contributed by atoms with Gasteiger partial charge in [-0.2, -0.15) is 0 Å². The topological polar surface area (TPSA) is 66.8 Å². The van der Waals surface area contributed by atoms with Gasteiger partial charge in [0.05, 0.1) is 18.2 Å². The highest BCUT2D eigenvalue weighted by molar-refractivity contribution is 6.09. The lowest BCUT2D eigenvalue weighted by Gasteiger charge is -2.26. The van der Waals surface area contributed by atoms with Gasteiger partial charge in [0.2, 0.25) is 0 Å². The molecule has 5 nitrogen and oxygen atoms in total. The van der Waals surface area contributed by atoms with Crippen molar-refractivity contribution in [3.63, 3.8) is 0 Å². The molecule has 1 atom stereocenters. The molecule has 164 valence electrons. The average Bonchev–Trinajstić information content (AvgIpc) is 3.04. The molecule has 0 aromatic heterocycles. The Morgan fingerprint density at radius 1 is 1.03 bits per heavy atom. The molecule has 1 amide bonds. The van der Waals surface area contributed by atoms with Crippen LogP contribution in [-0.4, -0.2) is 34.8 Å². The summed E-state index contributed by atoms with van der Waals surface area (Å²) in [5, 5.41) is 10.6. The molecule has 5 heteroatoms. The number of nitrogens with zero attached hydrogens (tertiary/aromatic N) is 1. The lowest BCUT2D eigenvalue weighted by molar-refractivity contribution is -0.129. The van der Waals surface area contributed by atoms with E-state index in [-0.39, 0.29) is 17.8 Å². The van der Waals surface area contributed by atoms with Crippen molar-refractivity contribution in [2.75, 3.05) is 13.2 Å². The largest absolute Gasteiger partial charge is 0.503 e.